The van der Waals surface area contributed by atoms with Crippen LogP contribution in [-0.4, -0.2) is 19.0 Å². The molecule has 0 unspecified atom stereocenters. The largest absolute Gasteiger partial charge is 0.490 e. The van der Waals surface area contributed by atoms with Crippen LogP contribution in [0.1, 0.15) is 15.9 Å². The van der Waals surface area contributed by atoms with Crippen LogP contribution in [0, 0.1) is 5.82 Å². The van der Waals surface area contributed by atoms with Crippen LogP contribution in [0.2, 0.25) is 10.0 Å². The molecule has 0 bridgehead atoms. The molecule has 3 aromatic carbocycles. The Balaban J connectivity index is 1.53. The molecular formula is C21H15Cl2FO3. The highest BCUT2D eigenvalue weighted by Crippen LogP contribution is 2.32. The second kappa shape index (κ2) is 8.89. The summed E-state index contributed by atoms with van der Waals surface area (Å²) in [5, 5.41) is 0.873. The fraction of sp³-hybridized carbons (Fsp3) is 0.0952. The van der Waals surface area contributed by atoms with E-state index in [9.17, 15) is 9.18 Å². The van der Waals surface area contributed by atoms with Crippen LogP contribution in [0.25, 0.3) is 0 Å². The number of ketones is 1. The van der Waals surface area contributed by atoms with E-state index in [1.54, 1.807) is 42.5 Å². The normalized spacial score (nSPS) is 10.5. The van der Waals surface area contributed by atoms with E-state index in [2.05, 4.69) is 0 Å². The summed E-state index contributed by atoms with van der Waals surface area (Å²) in [5.41, 5.74) is 0.920. The zero-order valence-electron chi connectivity index (χ0n) is 14.1. The zero-order valence-corrected chi connectivity index (χ0v) is 15.6. The van der Waals surface area contributed by atoms with E-state index in [0.717, 1.165) is 0 Å². The van der Waals surface area contributed by atoms with Crippen molar-refractivity contribution in [1.29, 1.82) is 0 Å². The molecule has 0 aliphatic carbocycles. The number of hydrogen-bond donors (Lipinski definition) is 0. The summed E-state index contributed by atoms with van der Waals surface area (Å²) in [6.07, 6.45) is 0. The molecule has 0 heterocycles. The molecule has 0 N–H and O–H groups in total. The van der Waals surface area contributed by atoms with Gasteiger partial charge in [0, 0.05) is 11.1 Å². The number of hydrogen-bond acceptors (Lipinski definition) is 3. The van der Waals surface area contributed by atoms with Gasteiger partial charge < -0.3 is 9.47 Å². The van der Waals surface area contributed by atoms with Crippen molar-refractivity contribution in [3.05, 3.63) is 93.7 Å². The van der Waals surface area contributed by atoms with E-state index < -0.39 is 0 Å². The summed E-state index contributed by atoms with van der Waals surface area (Å²) < 4.78 is 24.1. The van der Waals surface area contributed by atoms with E-state index in [4.69, 9.17) is 32.7 Å². The lowest BCUT2D eigenvalue weighted by Crippen LogP contribution is -2.09. The highest BCUT2D eigenvalue weighted by Gasteiger charge is 2.10. The molecule has 6 heteroatoms. The zero-order chi connectivity index (χ0) is 19.2. The molecule has 3 rings (SSSR count). The average Bonchev–Trinajstić information content (AvgIpc) is 2.67. The van der Waals surface area contributed by atoms with Crippen LogP contribution < -0.4 is 9.47 Å². The topological polar surface area (TPSA) is 35.5 Å². The van der Waals surface area contributed by atoms with E-state index in [1.165, 1.54) is 24.3 Å². The van der Waals surface area contributed by atoms with Gasteiger partial charge in [-0.05, 0) is 60.7 Å². The summed E-state index contributed by atoms with van der Waals surface area (Å²) in [6.45, 7) is 0.548. The second-order valence-corrected chi connectivity index (χ2v) is 6.42. The molecule has 0 saturated carbocycles. The van der Waals surface area contributed by atoms with Gasteiger partial charge in [-0.2, -0.15) is 0 Å². The minimum atomic E-state index is -0.379. The van der Waals surface area contributed by atoms with Crippen molar-refractivity contribution >= 4 is 29.0 Å². The minimum Gasteiger partial charge on any atom is -0.490 e. The highest BCUT2D eigenvalue weighted by molar-refractivity contribution is 6.37. The second-order valence-electron chi connectivity index (χ2n) is 5.61. The number of ether oxygens (including phenoxy) is 2. The Morgan fingerprint density at radius 2 is 1.30 bits per heavy atom. The smallest absolute Gasteiger partial charge is 0.193 e. The summed E-state index contributed by atoms with van der Waals surface area (Å²) in [5.74, 6) is 0.457. The van der Waals surface area contributed by atoms with Crippen LogP contribution in [0.15, 0.2) is 66.7 Å². The van der Waals surface area contributed by atoms with Crippen molar-refractivity contribution in [2.75, 3.05) is 13.2 Å². The molecule has 0 spiro atoms. The maximum atomic E-state index is 13.0. The Bertz CT molecular complexity index is 905. The number of rotatable bonds is 7. The molecule has 0 saturated heterocycles. The van der Waals surface area contributed by atoms with Crippen molar-refractivity contribution in [2.24, 2.45) is 0 Å². The van der Waals surface area contributed by atoms with Gasteiger partial charge in [0.15, 0.2) is 11.5 Å². The quantitative estimate of drug-likeness (QED) is 0.367. The Morgan fingerprint density at radius 1 is 0.778 bits per heavy atom. The van der Waals surface area contributed by atoms with Crippen LogP contribution in [0.5, 0.6) is 11.5 Å². The van der Waals surface area contributed by atoms with Crippen molar-refractivity contribution in [3.8, 4) is 11.5 Å². The van der Waals surface area contributed by atoms with E-state index in [0.29, 0.717) is 32.7 Å². The maximum Gasteiger partial charge on any atom is 0.193 e. The standard InChI is InChI=1S/C21H15Cl2FO3/c22-18-2-1-3-19(23)21(18)27-13-12-26-17-10-6-15(7-11-17)20(25)14-4-8-16(24)9-5-14/h1-11H,12-13H2. The van der Waals surface area contributed by atoms with Gasteiger partial charge in [-0.3, -0.25) is 4.79 Å². The molecular weight excluding hydrogens is 390 g/mol. The lowest BCUT2D eigenvalue weighted by Gasteiger charge is -2.11. The van der Waals surface area contributed by atoms with Crippen molar-refractivity contribution < 1.29 is 18.7 Å². The number of carbonyl (C=O) groups is 1. The molecule has 0 fully saturated rings. The fourth-order valence-corrected chi connectivity index (χ4v) is 2.90. The van der Waals surface area contributed by atoms with Gasteiger partial charge in [-0.1, -0.05) is 29.3 Å². The molecule has 0 amide bonds. The molecule has 0 radical (unpaired) electrons. The molecule has 3 aromatic rings. The first-order valence-corrected chi connectivity index (χ1v) is 8.90. The van der Waals surface area contributed by atoms with Gasteiger partial charge in [0.05, 0.1) is 10.0 Å². The van der Waals surface area contributed by atoms with Gasteiger partial charge in [0.25, 0.3) is 0 Å². The van der Waals surface area contributed by atoms with Crippen molar-refractivity contribution in [3.63, 3.8) is 0 Å². The lowest BCUT2D eigenvalue weighted by atomic mass is 10.0. The Morgan fingerprint density at radius 3 is 1.89 bits per heavy atom. The molecule has 0 atom stereocenters. The third-order valence-corrected chi connectivity index (χ3v) is 4.34. The first kappa shape index (κ1) is 19.2. The molecule has 138 valence electrons. The summed E-state index contributed by atoms with van der Waals surface area (Å²) in [6, 6.07) is 17.3. The van der Waals surface area contributed by atoms with Crippen molar-refractivity contribution in [2.45, 2.75) is 0 Å². The minimum absolute atomic E-state index is 0.182. The summed E-state index contributed by atoms with van der Waals surface area (Å²) in [4.78, 5) is 12.3. The molecule has 0 aliphatic heterocycles. The third kappa shape index (κ3) is 5.00. The molecule has 3 nitrogen and oxygen atoms in total. The number of carbonyl (C=O) groups excluding carboxylic acids is 1. The first-order chi connectivity index (χ1) is 13.0. The van der Waals surface area contributed by atoms with Gasteiger partial charge in [-0.25, -0.2) is 4.39 Å². The maximum absolute atomic E-state index is 13.0. The Hall–Kier alpha value is -2.56. The molecule has 0 aliphatic rings. The highest BCUT2D eigenvalue weighted by atomic mass is 35.5. The van der Waals surface area contributed by atoms with Gasteiger partial charge in [0.1, 0.15) is 24.8 Å². The number of halogens is 3. The van der Waals surface area contributed by atoms with Crippen LogP contribution in [-0.2, 0) is 0 Å². The Kier molecular flexibility index (Phi) is 6.32. The predicted molar refractivity (Wildman–Crippen MR) is 104 cm³/mol. The summed E-state index contributed by atoms with van der Waals surface area (Å²) >= 11 is 12.1. The first-order valence-electron chi connectivity index (χ1n) is 8.14. The van der Waals surface area contributed by atoms with Gasteiger partial charge >= 0.3 is 0 Å². The van der Waals surface area contributed by atoms with Crippen LogP contribution in [0.3, 0.4) is 0 Å². The van der Waals surface area contributed by atoms with Gasteiger partial charge in [0.2, 0.25) is 0 Å². The predicted octanol–water partition coefficient (Wildman–Crippen LogP) is 5.82. The number of para-hydroxylation sites is 1. The monoisotopic (exact) mass is 404 g/mol. The number of benzene rings is 3. The third-order valence-electron chi connectivity index (χ3n) is 3.74. The average molecular weight is 405 g/mol. The van der Waals surface area contributed by atoms with Crippen molar-refractivity contribution in [1.82, 2.24) is 0 Å². The van der Waals surface area contributed by atoms with E-state index in [-0.39, 0.29) is 24.8 Å². The van der Waals surface area contributed by atoms with Crippen LogP contribution in [0.4, 0.5) is 4.39 Å². The fourth-order valence-electron chi connectivity index (χ4n) is 2.39. The Labute approximate surface area is 166 Å². The SMILES string of the molecule is O=C(c1ccc(F)cc1)c1ccc(OCCOc2c(Cl)cccc2Cl)cc1. The summed E-state index contributed by atoms with van der Waals surface area (Å²) in [7, 11) is 0. The molecule has 0 aromatic heterocycles. The van der Waals surface area contributed by atoms with Gasteiger partial charge in [-0.15, -0.1) is 0 Å². The van der Waals surface area contributed by atoms with E-state index in [1.807, 2.05) is 0 Å². The lowest BCUT2D eigenvalue weighted by molar-refractivity contribution is 0.103. The van der Waals surface area contributed by atoms with E-state index >= 15 is 0 Å². The van der Waals surface area contributed by atoms with Crippen LogP contribution >= 0.6 is 23.2 Å². The molecule has 27 heavy (non-hydrogen) atoms.